The van der Waals surface area contributed by atoms with E-state index in [0.717, 1.165) is 19.3 Å². The molecule has 1 nitrogen and oxygen atoms in total. The summed E-state index contributed by atoms with van der Waals surface area (Å²) in [6.45, 7) is 2.29. The summed E-state index contributed by atoms with van der Waals surface area (Å²) in [4.78, 5) is 0. The highest BCUT2D eigenvalue weighted by Gasteiger charge is 1.74. The van der Waals surface area contributed by atoms with Gasteiger partial charge in [0, 0.05) is 0 Å². The van der Waals surface area contributed by atoms with Crippen LogP contribution in [0.5, 0.6) is 0 Å². The van der Waals surface area contributed by atoms with Crippen LogP contribution in [0.25, 0.3) is 0 Å². The zero-order chi connectivity index (χ0) is 7.66. The Labute approximate surface area is 63.1 Å². The molecule has 0 aliphatic rings. The SMILES string of the molecule is CC/C=C\CC/C=C\CO. The molecule has 0 unspecified atom stereocenters. The summed E-state index contributed by atoms with van der Waals surface area (Å²) in [5, 5.41) is 8.36. The van der Waals surface area contributed by atoms with Crippen LogP contribution in [-0.4, -0.2) is 11.7 Å². The normalized spacial score (nSPS) is 11.8. The minimum Gasteiger partial charge on any atom is -0.392 e. The lowest BCUT2D eigenvalue weighted by atomic mass is 10.2. The molecule has 1 heteroatoms. The molecule has 0 radical (unpaired) electrons. The van der Waals surface area contributed by atoms with Crippen LogP contribution in [0.2, 0.25) is 0 Å². The lowest BCUT2D eigenvalue weighted by Crippen LogP contribution is -1.70. The minimum absolute atomic E-state index is 0.164. The van der Waals surface area contributed by atoms with E-state index in [-0.39, 0.29) is 6.61 Å². The summed E-state index contributed by atoms with van der Waals surface area (Å²) < 4.78 is 0. The van der Waals surface area contributed by atoms with E-state index in [1.165, 1.54) is 0 Å². The van der Waals surface area contributed by atoms with E-state index in [2.05, 4.69) is 19.1 Å². The maximum absolute atomic E-state index is 8.36. The third-order valence-corrected chi connectivity index (χ3v) is 1.17. The maximum atomic E-state index is 8.36. The zero-order valence-corrected chi connectivity index (χ0v) is 6.59. The first-order chi connectivity index (χ1) is 4.91. The number of aliphatic hydroxyl groups excluding tert-OH is 1. The highest BCUT2D eigenvalue weighted by molar-refractivity contribution is 4.87. The van der Waals surface area contributed by atoms with E-state index in [1.54, 1.807) is 6.08 Å². The van der Waals surface area contributed by atoms with Gasteiger partial charge in [0.15, 0.2) is 0 Å². The van der Waals surface area contributed by atoms with E-state index in [4.69, 9.17) is 5.11 Å². The van der Waals surface area contributed by atoms with Gasteiger partial charge in [-0.25, -0.2) is 0 Å². The van der Waals surface area contributed by atoms with Crippen molar-refractivity contribution in [1.29, 1.82) is 0 Å². The first-order valence-corrected chi connectivity index (χ1v) is 3.82. The molecule has 0 rings (SSSR count). The zero-order valence-electron chi connectivity index (χ0n) is 6.59. The van der Waals surface area contributed by atoms with Crippen LogP contribution in [-0.2, 0) is 0 Å². The molecule has 0 spiro atoms. The fourth-order valence-corrected chi connectivity index (χ4v) is 0.669. The Kier molecular flexibility index (Phi) is 7.97. The molecule has 0 atom stereocenters. The molecule has 0 aromatic rings. The molecule has 1 N–H and O–H groups in total. The smallest absolute Gasteiger partial charge is 0.0612 e. The Bertz CT molecular complexity index is 89.3. The van der Waals surface area contributed by atoms with Gasteiger partial charge in [0.2, 0.25) is 0 Å². The van der Waals surface area contributed by atoms with Gasteiger partial charge in [-0.05, 0) is 19.3 Å². The van der Waals surface area contributed by atoms with Gasteiger partial charge in [-0.1, -0.05) is 31.2 Å². The average molecular weight is 140 g/mol. The van der Waals surface area contributed by atoms with Crippen molar-refractivity contribution in [3.05, 3.63) is 24.3 Å². The van der Waals surface area contributed by atoms with Crippen LogP contribution in [0, 0.1) is 0 Å². The Morgan fingerprint density at radius 2 is 1.60 bits per heavy atom. The maximum Gasteiger partial charge on any atom is 0.0612 e. The van der Waals surface area contributed by atoms with E-state index >= 15 is 0 Å². The van der Waals surface area contributed by atoms with Crippen LogP contribution < -0.4 is 0 Å². The second-order valence-electron chi connectivity index (χ2n) is 2.11. The number of allylic oxidation sites excluding steroid dienone is 3. The fraction of sp³-hybridized carbons (Fsp3) is 0.556. The Hall–Kier alpha value is -0.560. The second-order valence-corrected chi connectivity index (χ2v) is 2.11. The van der Waals surface area contributed by atoms with E-state index < -0.39 is 0 Å². The molecule has 10 heavy (non-hydrogen) atoms. The van der Waals surface area contributed by atoms with Crippen LogP contribution in [0.4, 0.5) is 0 Å². The molecule has 0 saturated carbocycles. The molecule has 0 aromatic heterocycles. The summed E-state index contributed by atoms with van der Waals surface area (Å²) in [6, 6.07) is 0. The van der Waals surface area contributed by atoms with Crippen molar-refractivity contribution in [2.24, 2.45) is 0 Å². The van der Waals surface area contributed by atoms with Gasteiger partial charge in [-0.2, -0.15) is 0 Å². The third kappa shape index (κ3) is 7.44. The lowest BCUT2D eigenvalue weighted by Gasteiger charge is -1.84. The van der Waals surface area contributed by atoms with Gasteiger partial charge >= 0.3 is 0 Å². The Morgan fingerprint density at radius 3 is 2.10 bits per heavy atom. The van der Waals surface area contributed by atoms with E-state index in [1.807, 2.05) is 6.08 Å². The summed E-state index contributed by atoms with van der Waals surface area (Å²) in [7, 11) is 0. The molecular formula is C9H16O. The van der Waals surface area contributed by atoms with Gasteiger partial charge in [-0.3, -0.25) is 0 Å². The summed E-state index contributed by atoms with van der Waals surface area (Å²) in [6.07, 6.45) is 11.3. The van der Waals surface area contributed by atoms with Gasteiger partial charge in [0.25, 0.3) is 0 Å². The fourth-order valence-electron chi connectivity index (χ4n) is 0.669. The largest absolute Gasteiger partial charge is 0.392 e. The first kappa shape index (κ1) is 9.44. The first-order valence-electron chi connectivity index (χ1n) is 3.82. The number of hydrogen-bond donors (Lipinski definition) is 1. The van der Waals surface area contributed by atoms with E-state index in [0.29, 0.717) is 0 Å². The summed E-state index contributed by atoms with van der Waals surface area (Å²) in [5.41, 5.74) is 0. The topological polar surface area (TPSA) is 20.2 Å². The molecule has 0 aliphatic heterocycles. The number of unbranched alkanes of at least 4 members (excludes halogenated alkanes) is 1. The van der Waals surface area contributed by atoms with Gasteiger partial charge in [0.1, 0.15) is 0 Å². The van der Waals surface area contributed by atoms with Crippen molar-refractivity contribution in [3.63, 3.8) is 0 Å². The van der Waals surface area contributed by atoms with Crippen LogP contribution in [0.15, 0.2) is 24.3 Å². The van der Waals surface area contributed by atoms with Crippen molar-refractivity contribution in [3.8, 4) is 0 Å². The van der Waals surface area contributed by atoms with E-state index in [9.17, 15) is 0 Å². The van der Waals surface area contributed by atoms with Crippen molar-refractivity contribution < 1.29 is 5.11 Å². The Morgan fingerprint density at radius 1 is 1.00 bits per heavy atom. The average Bonchev–Trinajstić information content (AvgIpc) is 1.97. The second kappa shape index (κ2) is 8.44. The van der Waals surface area contributed by atoms with Gasteiger partial charge in [0.05, 0.1) is 6.61 Å². The number of aliphatic hydroxyl groups is 1. The third-order valence-electron chi connectivity index (χ3n) is 1.17. The van der Waals surface area contributed by atoms with Crippen LogP contribution in [0.3, 0.4) is 0 Å². The number of hydrogen-bond acceptors (Lipinski definition) is 1. The molecule has 0 saturated heterocycles. The van der Waals surface area contributed by atoms with Crippen molar-refractivity contribution in [1.82, 2.24) is 0 Å². The van der Waals surface area contributed by atoms with Crippen molar-refractivity contribution in [2.75, 3.05) is 6.61 Å². The predicted octanol–water partition coefficient (Wildman–Crippen LogP) is 2.28. The molecule has 0 aliphatic carbocycles. The molecule has 0 aromatic carbocycles. The molecule has 0 fully saturated rings. The van der Waals surface area contributed by atoms with Crippen molar-refractivity contribution >= 4 is 0 Å². The quantitative estimate of drug-likeness (QED) is 0.459. The molecule has 0 heterocycles. The highest BCUT2D eigenvalue weighted by Crippen LogP contribution is 1.93. The number of rotatable bonds is 5. The van der Waals surface area contributed by atoms with Gasteiger partial charge in [-0.15, -0.1) is 0 Å². The lowest BCUT2D eigenvalue weighted by molar-refractivity contribution is 0.342. The standard InChI is InChI=1S/C9H16O/c1-2-3-4-5-6-7-8-9-10/h3-4,7-8,10H,2,5-6,9H2,1H3/b4-3-,8-7-. The molecule has 0 amide bonds. The Balaban J connectivity index is 3.04. The van der Waals surface area contributed by atoms with Gasteiger partial charge < -0.3 is 5.11 Å². The van der Waals surface area contributed by atoms with Crippen LogP contribution in [0.1, 0.15) is 26.2 Å². The molecular weight excluding hydrogens is 124 g/mol. The minimum atomic E-state index is 0.164. The van der Waals surface area contributed by atoms with Crippen LogP contribution >= 0.6 is 0 Å². The monoisotopic (exact) mass is 140 g/mol. The molecule has 0 bridgehead atoms. The molecule has 58 valence electrons. The highest BCUT2D eigenvalue weighted by atomic mass is 16.2. The summed E-state index contributed by atoms with van der Waals surface area (Å²) in [5.74, 6) is 0. The summed E-state index contributed by atoms with van der Waals surface area (Å²) >= 11 is 0. The predicted molar refractivity (Wildman–Crippen MR) is 44.9 cm³/mol. The van der Waals surface area contributed by atoms with Crippen molar-refractivity contribution in [2.45, 2.75) is 26.2 Å².